The summed E-state index contributed by atoms with van der Waals surface area (Å²) in [5.41, 5.74) is 0. The second-order valence-electron chi connectivity index (χ2n) is 1.38. The van der Waals surface area contributed by atoms with Gasteiger partial charge in [0.15, 0.2) is 0 Å². The van der Waals surface area contributed by atoms with Crippen LogP contribution in [0.1, 0.15) is 35.1 Å². The Morgan fingerprint density at radius 2 is 1.58 bits per heavy atom. The molecule has 0 aliphatic carbocycles. The zero-order chi connectivity index (χ0) is 4.99. The molecule has 0 bridgehead atoms. The van der Waals surface area contributed by atoms with E-state index < -0.39 is 0 Å². The summed E-state index contributed by atoms with van der Waals surface area (Å²) in [6.45, 7) is 3.76. The Morgan fingerprint density at radius 1 is 1.33 bits per heavy atom. The number of rotatable bonds is 2. The molecule has 12 heavy (non-hydrogen) atoms. The van der Waals surface area contributed by atoms with Crippen LogP contribution in [0.5, 0.6) is 0 Å². The molecule has 1 N–H and O–H groups in total. The number of aliphatic hydroxyl groups is 1. The molecule has 0 spiro atoms. The van der Waals surface area contributed by atoms with Crippen molar-refractivity contribution in [3.05, 3.63) is 13.8 Å². The van der Waals surface area contributed by atoms with Crippen LogP contribution in [0.15, 0.2) is 0 Å². The molecule has 0 saturated heterocycles. The first kappa shape index (κ1) is 46.4. The first-order valence-electron chi connectivity index (χ1n) is 2.28. The minimum absolute atomic E-state index is 0. The second kappa shape index (κ2) is 37.2. The van der Waals surface area contributed by atoms with Gasteiger partial charge in [0.25, 0.3) is 0 Å². The van der Waals surface area contributed by atoms with Gasteiger partial charge in [-0.05, 0) is 0 Å². The maximum absolute atomic E-state index is 8.50. The minimum Gasteiger partial charge on any atom is -0.425 e. The van der Waals surface area contributed by atoms with Crippen LogP contribution in [0.4, 0.5) is 0 Å². The molecule has 0 aliphatic heterocycles. The summed E-state index contributed by atoms with van der Waals surface area (Å²) >= 11 is 0. The molecule has 1 nitrogen and oxygen atoms in total. The van der Waals surface area contributed by atoms with Crippen molar-refractivity contribution in [3.8, 4) is 0 Å². The number of aliphatic hydroxyl groups excluding tert-OH is 1. The van der Waals surface area contributed by atoms with Gasteiger partial charge in [-0.3, -0.25) is 0 Å². The van der Waals surface area contributed by atoms with Crippen LogP contribution in [0.2, 0.25) is 0 Å². The normalized spacial score (nSPS) is 7.25. The summed E-state index contributed by atoms with van der Waals surface area (Å²) in [6.07, 6.45) is 2.58. The molecule has 4 heteroatoms. The van der Waals surface area contributed by atoms with Crippen molar-refractivity contribution in [1.29, 1.82) is 0 Å². The molecule has 68 valence electrons. The fraction of sp³-hybridized carbons (Fsp3) is 0.750. The van der Waals surface area contributed by atoms with Crippen molar-refractivity contribution in [2.75, 3.05) is 0 Å². The molecule has 0 aromatic heterocycles. The van der Waals surface area contributed by atoms with E-state index in [9.17, 15) is 0 Å². The zero-order valence-electron chi connectivity index (χ0n) is 7.46. The van der Waals surface area contributed by atoms with Gasteiger partial charge >= 0.3 is 51.4 Å². The van der Waals surface area contributed by atoms with Gasteiger partial charge in [-0.15, -0.1) is 0 Å². The number of hydrogen-bond donors (Lipinski definition) is 1. The topological polar surface area (TPSA) is 20.2 Å². The Morgan fingerprint density at radius 3 is 1.58 bits per heavy atom. The summed E-state index contributed by atoms with van der Waals surface area (Å²) < 4.78 is 0. The van der Waals surface area contributed by atoms with Crippen molar-refractivity contribution >= 4 is 8.41 Å². The average Bonchev–Trinajstić information content (AvgIpc) is 1.35. The Hall–Kier alpha value is 2.77. The summed E-state index contributed by atoms with van der Waals surface area (Å²) in [5.74, 6) is 0. The number of hydrogen-bond acceptors (Lipinski definition) is 1. The third-order valence-corrected chi connectivity index (χ3v) is 0.577. The fourth-order valence-corrected chi connectivity index (χ4v) is 0.341. The molecule has 0 amide bonds. The summed E-state index contributed by atoms with van der Waals surface area (Å²) in [5, 5.41) is 8.50. The van der Waals surface area contributed by atoms with Crippen LogP contribution in [0.25, 0.3) is 0 Å². The summed E-state index contributed by atoms with van der Waals surface area (Å²) in [4.78, 5) is 0. The second-order valence-corrected chi connectivity index (χ2v) is 1.38. The quantitative estimate of drug-likeness (QED) is 0.522. The van der Waals surface area contributed by atoms with Gasteiger partial charge in [0.1, 0.15) is 0 Å². The Bertz CT molecular complexity index is 40.2. The molecular formula is C8H22BKOY-. The Kier molecular flexibility index (Phi) is 144. The van der Waals surface area contributed by atoms with Crippen molar-refractivity contribution < 1.29 is 89.2 Å². The van der Waals surface area contributed by atoms with E-state index >= 15 is 0 Å². The van der Waals surface area contributed by atoms with E-state index in [2.05, 4.69) is 0 Å². The van der Waals surface area contributed by atoms with Crippen LogP contribution in [0.3, 0.4) is 0 Å². The fourth-order valence-electron chi connectivity index (χ4n) is 0.341. The smallest absolute Gasteiger partial charge is 0.425 e. The van der Waals surface area contributed by atoms with Crippen LogP contribution in [-0.4, -0.2) is 19.6 Å². The molecule has 1 unspecified atom stereocenters. The van der Waals surface area contributed by atoms with E-state index in [1.165, 1.54) is 0 Å². The molecular weight excluding hydrogens is 251 g/mol. The Balaban J connectivity index is -0.00000000833. The zero-order valence-corrected chi connectivity index (χ0v) is 13.4. The van der Waals surface area contributed by atoms with Gasteiger partial charge in [-0.25, -0.2) is 0 Å². The molecule has 0 heterocycles. The van der Waals surface area contributed by atoms with Gasteiger partial charge in [0.05, 0.1) is 0 Å². The van der Waals surface area contributed by atoms with Crippen LogP contribution >= 0.6 is 0 Å². The van der Waals surface area contributed by atoms with E-state index in [0.717, 1.165) is 6.42 Å². The van der Waals surface area contributed by atoms with Crippen LogP contribution in [-0.2, 0) is 32.7 Å². The van der Waals surface area contributed by atoms with E-state index in [1.807, 2.05) is 13.3 Å². The maximum atomic E-state index is 8.50. The molecule has 0 aromatic rings. The molecule has 0 fully saturated rings. The van der Waals surface area contributed by atoms with E-state index in [4.69, 9.17) is 5.11 Å². The average molecular weight is 273 g/mol. The first-order valence-corrected chi connectivity index (χ1v) is 2.28. The van der Waals surface area contributed by atoms with Gasteiger partial charge in [0, 0.05) is 41.1 Å². The predicted octanol–water partition coefficient (Wildman–Crippen LogP) is -0.675. The Labute approximate surface area is 150 Å². The molecule has 0 rings (SSSR count). The first-order chi connectivity index (χ1) is 2.77. The largest absolute Gasteiger partial charge is 1.00 e. The third-order valence-electron chi connectivity index (χ3n) is 0.577. The monoisotopic (exact) mass is 273 g/mol. The molecule has 0 aromatic carbocycles. The molecule has 0 aliphatic rings. The van der Waals surface area contributed by atoms with Gasteiger partial charge < -0.3 is 19.0 Å². The molecule has 4 radical (unpaired) electrons. The van der Waals surface area contributed by atoms with Crippen molar-refractivity contribution in [3.63, 3.8) is 0 Å². The maximum Gasteiger partial charge on any atom is 1.00 e. The van der Waals surface area contributed by atoms with Gasteiger partial charge in [-0.1, -0.05) is 34.8 Å². The van der Waals surface area contributed by atoms with E-state index in [1.54, 1.807) is 6.92 Å². The van der Waals surface area contributed by atoms with Crippen LogP contribution < -0.4 is 51.4 Å². The van der Waals surface area contributed by atoms with Gasteiger partial charge in [-0.2, -0.15) is 6.42 Å². The summed E-state index contributed by atoms with van der Waals surface area (Å²) in [7, 11) is 0. The summed E-state index contributed by atoms with van der Waals surface area (Å²) in [6, 6.07) is 0. The predicted molar refractivity (Wildman–Crippen MR) is 51.9 cm³/mol. The van der Waals surface area contributed by atoms with Crippen molar-refractivity contribution in [2.45, 2.75) is 41.2 Å². The molecule has 0 saturated carbocycles. The minimum atomic E-state index is -0.227. The van der Waals surface area contributed by atoms with E-state index in [0.29, 0.717) is 0 Å². The van der Waals surface area contributed by atoms with Crippen molar-refractivity contribution in [1.82, 2.24) is 0 Å². The SMILES string of the molecule is C.C.CC[CH-]C(C)O.[B].[CH3-].[K+].[Y]. The van der Waals surface area contributed by atoms with Gasteiger partial charge in [0.2, 0.25) is 0 Å². The molecule has 1 atom stereocenters. The third kappa shape index (κ3) is 53.2. The van der Waals surface area contributed by atoms with Crippen LogP contribution in [0, 0.1) is 13.8 Å². The van der Waals surface area contributed by atoms with Crippen molar-refractivity contribution in [2.24, 2.45) is 0 Å². The van der Waals surface area contributed by atoms with E-state index in [-0.39, 0.29) is 121 Å². The standard InChI is InChI=1S/C5H11O.2CH4.CH3.B.K.Y/c1-3-4-5(2)6;;;;;;/h4-6H,3H2,1-2H3;2*1H4;1H3;;;/q-1;;;-1;;+1;.